The van der Waals surface area contributed by atoms with E-state index in [-0.39, 0.29) is 22.7 Å². The number of esters is 1. The Kier molecular flexibility index (Phi) is 4.82. The number of hydrogen-bond acceptors (Lipinski definition) is 2. The lowest BCUT2D eigenvalue weighted by molar-refractivity contribution is -0.149. The van der Waals surface area contributed by atoms with E-state index in [2.05, 4.69) is 41.5 Å². The van der Waals surface area contributed by atoms with E-state index in [0.717, 1.165) is 12.8 Å². The Labute approximate surface area is 94.4 Å². The van der Waals surface area contributed by atoms with Crippen LogP contribution in [0.15, 0.2) is 0 Å². The molecule has 1 unspecified atom stereocenters. The van der Waals surface area contributed by atoms with Gasteiger partial charge in [0.05, 0.1) is 13.0 Å². The van der Waals surface area contributed by atoms with Crippen LogP contribution in [-0.4, -0.2) is 13.1 Å². The quantitative estimate of drug-likeness (QED) is 0.670. The first kappa shape index (κ1) is 14.5. The third-order valence-electron chi connectivity index (χ3n) is 2.71. The molecule has 0 radical (unpaired) electrons. The van der Waals surface area contributed by atoms with Crippen molar-refractivity contribution >= 4 is 5.97 Å². The average molecular weight is 214 g/mol. The standard InChI is InChI=1S/C13H26O2/c1-12(2,3)9-8-10(11(14)15-7)13(4,5)6/h10H,8-9H2,1-7H3. The number of carbonyl (C=O) groups is 1. The van der Waals surface area contributed by atoms with Crippen LogP contribution in [0.1, 0.15) is 54.4 Å². The molecule has 0 amide bonds. The van der Waals surface area contributed by atoms with E-state index in [1.54, 1.807) is 0 Å². The maximum Gasteiger partial charge on any atom is 0.309 e. The van der Waals surface area contributed by atoms with Crippen LogP contribution in [0.4, 0.5) is 0 Å². The van der Waals surface area contributed by atoms with Gasteiger partial charge in [0.25, 0.3) is 0 Å². The molecule has 0 bridgehead atoms. The second-order valence-corrected chi connectivity index (χ2v) is 6.54. The van der Waals surface area contributed by atoms with Crippen molar-refractivity contribution in [3.05, 3.63) is 0 Å². The van der Waals surface area contributed by atoms with Gasteiger partial charge in [0.1, 0.15) is 0 Å². The van der Waals surface area contributed by atoms with Gasteiger partial charge in [-0.2, -0.15) is 0 Å². The van der Waals surface area contributed by atoms with Gasteiger partial charge in [-0.1, -0.05) is 41.5 Å². The summed E-state index contributed by atoms with van der Waals surface area (Å²) in [6.07, 6.45) is 1.95. The van der Waals surface area contributed by atoms with E-state index in [4.69, 9.17) is 4.74 Å². The summed E-state index contributed by atoms with van der Waals surface area (Å²) in [5.74, 6) is -0.0755. The van der Waals surface area contributed by atoms with Gasteiger partial charge in [0.15, 0.2) is 0 Å². The molecular weight excluding hydrogens is 188 g/mol. The third kappa shape index (κ3) is 5.81. The van der Waals surface area contributed by atoms with Crippen LogP contribution in [0.25, 0.3) is 0 Å². The second kappa shape index (κ2) is 5.00. The van der Waals surface area contributed by atoms with E-state index < -0.39 is 0 Å². The molecule has 0 aliphatic carbocycles. The summed E-state index contributed by atoms with van der Waals surface area (Å²) in [6, 6.07) is 0. The van der Waals surface area contributed by atoms with Gasteiger partial charge in [-0.15, -0.1) is 0 Å². The summed E-state index contributed by atoms with van der Waals surface area (Å²) in [6.45, 7) is 12.9. The van der Waals surface area contributed by atoms with Gasteiger partial charge in [-0.05, 0) is 23.7 Å². The minimum absolute atomic E-state index is 0.00160. The van der Waals surface area contributed by atoms with E-state index in [1.165, 1.54) is 7.11 Å². The zero-order valence-corrected chi connectivity index (χ0v) is 11.3. The van der Waals surface area contributed by atoms with Crippen LogP contribution in [0.2, 0.25) is 0 Å². The lowest BCUT2D eigenvalue weighted by Crippen LogP contribution is -2.30. The first-order valence-electron chi connectivity index (χ1n) is 5.66. The summed E-state index contributed by atoms with van der Waals surface area (Å²) in [7, 11) is 1.47. The van der Waals surface area contributed by atoms with Crippen LogP contribution >= 0.6 is 0 Å². The smallest absolute Gasteiger partial charge is 0.309 e. The first-order chi connectivity index (χ1) is 6.58. The molecule has 0 aromatic heterocycles. The van der Waals surface area contributed by atoms with Crippen LogP contribution < -0.4 is 0 Å². The molecule has 0 aromatic rings. The molecule has 2 nitrogen and oxygen atoms in total. The van der Waals surface area contributed by atoms with Gasteiger partial charge in [0.2, 0.25) is 0 Å². The fourth-order valence-electron chi connectivity index (χ4n) is 1.62. The molecule has 0 spiro atoms. The van der Waals surface area contributed by atoms with Crippen LogP contribution in [0.5, 0.6) is 0 Å². The Morgan fingerprint density at radius 1 is 1.13 bits per heavy atom. The van der Waals surface area contributed by atoms with E-state index in [9.17, 15) is 4.79 Å². The van der Waals surface area contributed by atoms with Crippen molar-refractivity contribution in [3.63, 3.8) is 0 Å². The number of methoxy groups -OCH3 is 1. The first-order valence-corrected chi connectivity index (χ1v) is 5.66. The number of carbonyl (C=O) groups excluding carboxylic acids is 1. The van der Waals surface area contributed by atoms with Crippen LogP contribution in [-0.2, 0) is 9.53 Å². The van der Waals surface area contributed by atoms with Crippen molar-refractivity contribution in [1.82, 2.24) is 0 Å². The molecule has 0 rings (SSSR count). The second-order valence-electron chi connectivity index (χ2n) is 6.54. The largest absolute Gasteiger partial charge is 0.469 e. The summed E-state index contributed by atoms with van der Waals surface area (Å²) < 4.78 is 4.87. The van der Waals surface area contributed by atoms with Crippen LogP contribution in [0.3, 0.4) is 0 Å². The van der Waals surface area contributed by atoms with E-state index in [0.29, 0.717) is 0 Å². The number of ether oxygens (including phenoxy) is 1. The molecule has 90 valence electrons. The lowest BCUT2D eigenvalue weighted by atomic mass is 9.75. The van der Waals surface area contributed by atoms with Crippen LogP contribution in [0, 0.1) is 16.7 Å². The fraction of sp³-hybridized carbons (Fsp3) is 0.923. The molecule has 0 fully saturated rings. The predicted molar refractivity (Wildman–Crippen MR) is 63.7 cm³/mol. The van der Waals surface area contributed by atoms with Gasteiger partial charge in [-0.3, -0.25) is 4.79 Å². The number of rotatable bonds is 3. The highest BCUT2D eigenvalue weighted by atomic mass is 16.5. The molecule has 0 saturated heterocycles. The Bertz CT molecular complexity index is 206. The SMILES string of the molecule is COC(=O)C(CCC(C)(C)C)C(C)(C)C. The molecule has 2 heteroatoms. The summed E-state index contributed by atoms with van der Waals surface area (Å²) in [5.41, 5.74) is 0.260. The minimum atomic E-state index is -0.0771. The Hall–Kier alpha value is -0.530. The van der Waals surface area contributed by atoms with Crippen molar-refractivity contribution in [1.29, 1.82) is 0 Å². The minimum Gasteiger partial charge on any atom is -0.469 e. The Balaban J connectivity index is 4.48. The fourth-order valence-corrected chi connectivity index (χ4v) is 1.62. The molecule has 0 N–H and O–H groups in total. The Morgan fingerprint density at radius 2 is 1.60 bits per heavy atom. The highest BCUT2D eigenvalue weighted by Gasteiger charge is 2.32. The molecule has 15 heavy (non-hydrogen) atoms. The molecule has 0 aliphatic heterocycles. The van der Waals surface area contributed by atoms with E-state index in [1.807, 2.05) is 0 Å². The summed E-state index contributed by atoms with van der Waals surface area (Å²) in [4.78, 5) is 11.7. The van der Waals surface area contributed by atoms with Crippen molar-refractivity contribution < 1.29 is 9.53 Å². The lowest BCUT2D eigenvalue weighted by Gasteiger charge is -2.30. The molecule has 0 saturated carbocycles. The van der Waals surface area contributed by atoms with Crippen molar-refractivity contribution in [2.75, 3.05) is 7.11 Å². The van der Waals surface area contributed by atoms with Gasteiger partial charge in [0, 0.05) is 0 Å². The Morgan fingerprint density at radius 3 is 1.87 bits per heavy atom. The normalized spacial score (nSPS) is 14.9. The zero-order valence-electron chi connectivity index (χ0n) is 11.3. The summed E-state index contributed by atoms with van der Waals surface area (Å²) >= 11 is 0. The van der Waals surface area contributed by atoms with Crippen molar-refractivity contribution in [3.8, 4) is 0 Å². The van der Waals surface area contributed by atoms with E-state index >= 15 is 0 Å². The van der Waals surface area contributed by atoms with Gasteiger partial charge < -0.3 is 4.74 Å². The maximum atomic E-state index is 11.7. The average Bonchev–Trinajstić information content (AvgIpc) is 1.99. The molecule has 0 aliphatic rings. The predicted octanol–water partition coefficient (Wildman–Crippen LogP) is 3.65. The maximum absolute atomic E-state index is 11.7. The zero-order chi connectivity index (χ0) is 12.3. The summed E-state index contributed by atoms with van der Waals surface area (Å²) in [5, 5.41) is 0. The molecule has 0 heterocycles. The highest BCUT2D eigenvalue weighted by Crippen LogP contribution is 2.34. The van der Waals surface area contributed by atoms with Gasteiger partial charge >= 0.3 is 5.97 Å². The van der Waals surface area contributed by atoms with Gasteiger partial charge in [-0.25, -0.2) is 0 Å². The van der Waals surface area contributed by atoms with Crippen molar-refractivity contribution in [2.45, 2.75) is 54.4 Å². The highest BCUT2D eigenvalue weighted by molar-refractivity contribution is 5.73. The van der Waals surface area contributed by atoms with Crippen molar-refractivity contribution in [2.24, 2.45) is 16.7 Å². The molecular formula is C13H26O2. The third-order valence-corrected chi connectivity index (χ3v) is 2.71. The monoisotopic (exact) mass is 214 g/mol. The topological polar surface area (TPSA) is 26.3 Å². The molecule has 1 atom stereocenters. The number of hydrogen-bond donors (Lipinski definition) is 0. The molecule has 0 aromatic carbocycles.